The minimum absolute atomic E-state index is 0.160. The van der Waals surface area contributed by atoms with Crippen LogP contribution in [-0.4, -0.2) is 27.3 Å². The van der Waals surface area contributed by atoms with Gasteiger partial charge in [-0.05, 0) is 12.8 Å². The highest BCUT2D eigenvalue weighted by atomic mass is 16.6. The van der Waals surface area contributed by atoms with Crippen molar-refractivity contribution in [3.8, 4) is 0 Å². The van der Waals surface area contributed by atoms with Gasteiger partial charge in [0.15, 0.2) is 0 Å². The molecule has 0 N–H and O–H groups in total. The van der Waals surface area contributed by atoms with Crippen LogP contribution in [0.4, 0.5) is 5.69 Å². The minimum Gasteiger partial charge on any atom is -0.461 e. The molecule has 0 bridgehead atoms. The Bertz CT molecular complexity index is 425. The molecule has 0 aliphatic heterocycles. The number of nitro groups is 1. The highest BCUT2D eigenvalue weighted by molar-refractivity contribution is 5.91. The third-order valence-corrected chi connectivity index (χ3v) is 1.96. The number of ether oxygens (including phenoxy) is 1. The molecule has 94 valence electrons. The summed E-state index contributed by atoms with van der Waals surface area (Å²) in [5.41, 5.74) is -0.554. The van der Waals surface area contributed by atoms with Gasteiger partial charge >= 0.3 is 11.7 Å². The number of esters is 1. The molecule has 1 heterocycles. The molecule has 0 fully saturated rings. The van der Waals surface area contributed by atoms with Gasteiger partial charge in [-0.15, -0.1) is 0 Å². The summed E-state index contributed by atoms with van der Waals surface area (Å²) in [5.74, 6) is -0.480. The third kappa shape index (κ3) is 3.27. The molecule has 0 saturated carbocycles. The van der Waals surface area contributed by atoms with E-state index in [0.717, 1.165) is 0 Å². The molecule has 0 aromatic carbocycles. The molecule has 0 spiro atoms. The molecule has 17 heavy (non-hydrogen) atoms. The number of hydrogen-bond acceptors (Lipinski definition) is 5. The monoisotopic (exact) mass is 241 g/mol. The molecule has 0 amide bonds. The largest absolute Gasteiger partial charge is 0.461 e. The van der Waals surface area contributed by atoms with E-state index in [0.29, 0.717) is 6.54 Å². The van der Waals surface area contributed by atoms with Crippen LogP contribution in [0, 0.1) is 16.0 Å². The number of carbonyl (C=O) groups excluding carboxylic acids is 1. The van der Waals surface area contributed by atoms with Gasteiger partial charge in [-0.1, -0.05) is 13.8 Å². The number of rotatable bonds is 5. The molecule has 0 saturated heterocycles. The van der Waals surface area contributed by atoms with E-state index in [1.54, 1.807) is 6.92 Å². The van der Waals surface area contributed by atoms with Crippen LogP contribution in [0.1, 0.15) is 31.3 Å². The van der Waals surface area contributed by atoms with Gasteiger partial charge in [-0.2, -0.15) is 5.10 Å². The van der Waals surface area contributed by atoms with E-state index >= 15 is 0 Å². The van der Waals surface area contributed by atoms with Crippen LogP contribution in [0.15, 0.2) is 6.20 Å². The third-order valence-electron chi connectivity index (χ3n) is 1.96. The van der Waals surface area contributed by atoms with Crippen LogP contribution < -0.4 is 0 Å². The summed E-state index contributed by atoms with van der Waals surface area (Å²) in [6.07, 6.45) is 1.26. The lowest BCUT2D eigenvalue weighted by Crippen LogP contribution is -2.10. The summed E-state index contributed by atoms with van der Waals surface area (Å²) in [5, 5.41) is 14.7. The van der Waals surface area contributed by atoms with E-state index in [1.165, 1.54) is 10.9 Å². The first-order chi connectivity index (χ1) is 7.95. The smallest absolute Gasteiger partial charge is 0.366 e. The van der Waals surface area contributed by atoms with Crippen LogP contribution in [0.3, 0.4) is 0 Å². The molecular weight excluding hydrogens is 226 g/mol. The Hall–Kier alpha value is -1.92. The van der Waals surface area contributed by atoms with E-state index in [4.69, 9.17) is 4.74 Å². The van der Waals surface area contributed by atoms with Gasteiger partial charge in [0.2, 0.25) is 5.69 Å². The second-order valence-electron chi connectivity index (χ2n) is 3.96. The lowest BCUT2D eigenvalue weighted by Gasteiger charge is -2.02. The van der Waals surface area contributed by atoms with Crippen molar-refractivity contribution >= 4 is 11.7 Å². The van der Waals surface area contributed by atoms with Crippen molar-refractivity contribution in [1.29, 1.82) is 0 Å². The summed E-state index contributed by atoms with van der Waals surface area (Å²) in [4.78, 5) is 21.6. The van der Waals surface area contributed by atoms with Gasteiger partial charge in [-0.3, -0.25) is 14.8 Å². The van der Waals surface area contributed by atoms with E-state index in [2.05, 4.69) is 5.10 Å². The SMILES string of the molecule is CCOC(=O)c1nn(CC(C)C)cc1[N+](=O)[O-]. The second kappa shape index (κ2) is 5.42. The van der Waals surface area contributed by atoms with Crippen LogP contribution in [-0.2, 0) is 11.3 Å². The van der Waals surface area contributed by atoms with Gasteiger partial charge in [-0.25, -0.2) is 4.79 Å². The first-order valence-electron chi connectivity index (χ1n) is 5.34. The van der Waals surface area contributed by atoms with Crippen LogP contribution in [0.5, 0.6) is 0 Å². The normalized spacial score (nSPS) is 10.6. The Morgan fingerprint density at radius 3 is 2.76 bits per heavy atom. The van der Waals surface area contributed by atoms with E-state index in [-0.39, 0.29) is 23.9 Å². The summed E-state index contributed by atoms with van der Waals surface area (Å²) >= 11 is 0. The van der Waals surface area contributed by atoms with Crippen molar-refractivity contribution in [3.05, 3.63) is 22.0 Å². The minimum atomic E-state index is -0.762. The van der Waals surface area contributed by atoms with Crippen LogP contribution in [0.2, 0.25) is 0 Å². The van der Waals surface area contributed by atoms with E-state index < -0.39 is 10.9 Å². The molecular formula is C10H15N3O4. The van der Waals surface area contributed by atoms with E-state index in [1.807, 2.05) is 13.8 Å². The first-order valence-corrected chi connectivity index (χ1v) is 5.34. The van der Waals surface area contributed by atoms with Crippen molar-refractivity contribution in [2.45, 2.75) is 27.3 Å². The van der Waals surface area contributed by atoms with E-state index in [9.17, 15) is 14.9 Å². The molecule has 1 aromatic rings. The Labute approximate surface area is 98.5 Å². The number of aromatic nitrogens is 2. The van der Waals surface area contributed by atoms with Gasteiger partial charge in [0, 0.05) is 6.54 Å². The van der Waals surface area contributed by atoms with Crippen LogP contribution >= 0.6 is 0 Å². The van der Waals surface area contributed by atoms with Gasteiger partial charge in [0.05, 0.1) is 11.5 Å². The maximum atomic E-state index is 11.5. The van der Waals surface area contributed by atoms with Crippen LogP contribution in [0.25, 0.3) is 0 Å². The molecule has 0 aliphatic carbocycles. The quantitative estimate of drug-likeness (QED) is 0.444. The topological polar surface area (TPSA) is 87.3 Å². The molecule has 0 unspecified atom stereocenters. The van der Waals surface area contributed by atoms with Crippen molar-refractivity contribution in [1.82, 2.24) is 9.78 Å². The standard InChI is InChI=1S/C10H15N3O4/c1-4-17-10(14)9-8(13(15)16)6-12(11-9)5-7(2)3/h6-7H,4-5H2,1-3H3. The molecule has 0 aliphatic rings. The second-order valence-corrected chi connectivity index (χ2v) is 3.96. The average Bonchev–Trinajstić information content (AvgIpc) is 2.61. The summed E-state index contributed by atoms with van der Waals surface area (Å²) in [6.45, 7) is 6.22. The highest BCUT2D eigenvalue weighted by Crippen LogP contribution is 2.18. The predicted molar refractivity (Wildman–Crippen MR) is 59.7 cm³/mol. The molecule has 0 radical (unpaired) electrons. The zero-order valence-electron chi connectivity index (χ0n) is 10.0. The number of nitrogens with zero attached hydrogens (tertiary/aromatic N) is 3. The van der Waals surface area contributed by atoms with Crippen molar-refractivity contribution in [3.63, 3.8) is 0 Å². The summed E-state index contributed by atoms with van der Waals surface area (Å²) in [6, 6.07) is 0. The Morgan fingerprint density at radius 1 is 1.65 bits per heavy atom. The molecule has 1 rings (SSSR count). The maximum Gasteiger partial charge on any atom is 0.366 e. The highest BCUT2D eigenvalue weighted by Gasteiger charge is 2.26. The lowest BCUT2D eigenvalue weighted by atomic mass is 10.2. The average molecular weight is 241 g/mol. The summed E-state index contributed by atoms with van der Waals surface area (Å²) < 4.78 is 6.12. The fourth-order valence-electron chi connectivity index (χ4n) is 1.36. The van der Waals surface area contributed by atoms with Crippen molar-refractivity contribution in [2.24, 2.45) is 5.92 Å². The van der Waals surface area contributed by atoms with Crippen molar-refractivity contribution < 1.29 is 14.5 Å². The maximum absolute atomic E-state index is 11.5. The number of carbonyl (C=O) groups is 1. The molecule has 7 nitrogen and oxygen atoms in total. The fraction of sp³-hybridized carbons (Fsp3) is 0.600. The Kier molecular flexibility index (Phi) is 4.19. The summed E-state index contributed by atoms with van der Waals surface area (Å²) in [7, 11) is 0. The van der Waals surface area contributed by atoms with Gasteiger partial charge < -0.3 is 4.74 Å². The Balaban J connectivity index is 3.05. The van der Waals surface area contributed by atoms with Gasteiger partial charge in [0.25, 0.3) is 0 Å². The Morgan fingerprint density at radius 2 is 2.29 bits per heavy atom. The first kappa shape index (κ1) is 13.1. The zero-order valence-corrected chi connectivity index (χ0v) is 10.0. The predicted octanol–water partition coefficient (Wildman–Crippen LogP) is 1.62. The molecule has 0 atom stereocenters. The van der Waals surface area contributed by atoms with Gasteiger partial charge in [0.1, 0.15) is 6.20 Å². The lowest BCUT2D eigenvalue weighted by molar-refractivity contribution is -0.385. The number of hydrogen-bond donors (Lipinski definition) is 0. The molecule has 1 aromatic heterocycles. The molecule has 7 heteroatoms. The zero-order chi connectivity index (χ0) is 13.0. The van der Waals surface area contributed by atoms with Crippen molar-refractivity contribution in [2.75, 3.05) is 6.61 Å². The fourth-order valence-corrected chi connectivity index (χ4v) is 1.36.